The summed E-state index contributed by atoms with van der Waals surface area (Å²) in [5.41, 5.74) is 0.226. The zero-order valence-corrected chi connectivity index (χ0v) is 13.4. The van der Waals surface area contributed by atoms with Crippen LogP contribution in [-0.4, -0.2) is 50.3 Å². The summed E-state index contributed by atoms with van der Waals surface area (Å²) < 4.78 is 24.1. The largest absolute Gasteiger partial charge is 0.396 e. The van der Waals surface area contributed by atoms with E-state index < -0.39 is 9.84 Å². The van der Waals surface area contributed by atoms with E-state index in [1.165, 1.54) is 11.0 Å². The molecule has 6 heteroatoms. The zero-order valence-electron chi connectivity index (χ0n) is 12.6. The van der Waals surface area contributed by atoms with Crippen molar-refractivity contribution in [1.82, 2.24) is 4.90 Å². The smallest absolute Gasteiger partial charge is 0.254 e. The van der Waals surface area contributed by atoms with Crippen molar-refractivity contribution in [2.45, 2.75) is 31.1 Å². The maximum absolute atomic E-state index is 12.4. The summed E-state index contributed by atoms with van der Waals surface area (Å²) >= 11 is 0. The molecule has 0 aromatic heterocycles. The summed E-state index contributed by atoms with van der Waals surface area (Å²) in [6, 6.07) is 6.32. The first-order chi connectivity index (χ1) is 9.94. The monoisotopic (exact) mass is 313 g/mol. The summed E-state index contributed by atoms with van der Waals surface area (Å²) in [6.07, 6.45) is 2.33. The fourth-order valence-corrected chi connectivity index (χ4v) is 3.10. The lowest BCUT2D eigenvalue weighted by atomic mass is 10.2. The molecule has 1 rings (SSSR count). The van der Waals surface area contributed by atoms with Gasteiger partial charge in [0.1, 0.15) is 0 Å². The van der Waals surface area contributed by atoms with Gasteiger partial charge in [0.25, 0.3) is 5.91 Å². The molecule has 21 heavy (non-hydrogen) atoms. The number of benzene rings is 1. The summed E-state index contributed by atoms with van der Waals surface area (Å²) in [6.45, 7) is 2.25. The predicted octanol–water partition coefficient (Wildman–Crippen LogP) is 1.71. The normalized spacial score (nSPS) is 11.4. The van der Waals surface area contributed by atoms with Crippen LogP contribution in [0.3, 0.4) is 0 Å². The third kappa shape index (κ3) is 4.82. The van der Waals surface area contributed by atoms with Gasteiger partial charge in [0.15, 0.2) is 9.84 Å². The van der Waals surface area contributed by atoms with Crippen LogP contribution in [0.25, 0.3) is 0 Å². The highest BCUT2D eigenvalue weighted by Gasteiger charge is 2.22. The SMILES string of the molecule is CCS(=O)(=O)c1ccccc1C(=O)N(C)CCCCCO. The van der Waals surface area contributed by atoms with Crippen molar-refractivity contribution >= 4 is 15.7 Å². The van der Waals surface area contributed by atoms with Gasteiger partial charge in [-0.15, -0.1) is 0 Å². The van der Waals surface area contributed by atoms with Crippen LogP contribution in [0, 0.1) is 0 Å². The molecule has 0 atom stereocenters. The lowest BCUT2D eigenvalue weighted by Crippen LogP contribution is -2.29. The van der Waals surface area contributed by atoms with E-state index in [9.17, 15) is 13.2 Å². The number of aliphatic hydroxyl groups excluding tert-OH is 1. The predicted molar refractivity (Wildman–Crippen MR) is 82.1 cm³/mol. The first kappa shape index (κ1) is 17.7. The minimum atomic E-state index is -3.42. The van der Waals surface area contributed by atoms with Gasteiger partial charge in [-0.2, -0.15) is 0 Å². The topological polar surface area (TPSA) is 74.7 Å². The molecule has 1 aromatic carbocycles. The second-order valence-electron chi connectivity index (χ2n) is 4.91. The highest BCUT2D eigenvalue weighted by Crippen LogP contribution is 2.18. The van der Waals surface area contributed by atoms with E-state index in [2.05, 4.69) is 0 Å². The van der Waals surface area contributed by atoms with E-state index in [4.69, 9.17) is 5.11 Å². The number of sulfone groups is 1. The highest BCUT2D eigenvalue weighted by molar-refractivity contribution is 7.91. The Hall–Kier alpha value is -1.40. The van der Waals surface area contributed by atoms with Crippen molar-refractivity contribution < 1.29 is 18.3 Å². The lowest BCUT2D eigenvalue weighted by molar-refractivity contribution is 0.0788. The summed E-state index contributed by atoms with van der Waals surface area (Å²) in [4.78, 5) is 14.0. The van der Waals surface area contributed by atoms with E-state index in [1.54, 1.807) is 32.2 Å². The molecule has 0 radical (unpaired) electrons. The first-order valence-electron chi connectivity index (χ1n) is 7.12. The molecule has 0 saturated heterocycles. The second-order valence-corrected chi connectivity index (χ2v) is 7.16. The Morgan fingerprint density at radius 1 is 1.19 bits per heavy atom. The fraction of sp³-hybridized carbons (Fsp3) is 0.533. The van der Waals surface area contributed by atoms with Gasteiger partial charge in [-0.3, -0.25) is 4.79 Å². The van der Waals surface area contributed by atoms with E-state index in [0.29, 0.717) is 13.0 Å². The first-order valence-corrected chi connectivity index (χ1v) is 8.77. The van der Waals surface area contributed by atoms with E-state index in [1.807, 2.05) is 0 Å². The van der Waals surface area contributed by atoms with Crippen LogP contribution in [0.1, 0.15) is 36.5 Å². The van der Waals surface area contributed by atoms with Crippen LogP contribution in [0.15, 0.2) is 29.2 Å². The number of hydrogen-bond donors (Lipinski definition) is 1. The van der Waals surface area contributed by atoms with Crippen molar-refractivity contribution in [2.24, 2.45) is 0 Å². The van der Waals surface area contributed by atoms with Gasteiger partial charge in [0.05, 0.1) is 16.2 Å². The molecule has 0 saturated carbocycles. The number of unbranched alkanes of at least 4 members (excludes halogenated alkanes) is 2. The molecule has 0 spiro atoms. The number of carbonyl (C=O) groups excluding carboxylic acids is 1. The number of rotatable bonds is 8. The number of aliphatic hydroxyl groups is 1. The molecular weight excluding hydrogens is 290 g/mol. The average Bonchev–Trinajstić information content (AvgIpc) is 2.50. The Balaban J connectivity index is 2.88. The summed E-state index contributed by atoms with van der Waals surface area (Å²) in [5, 5.41) is 8.72. The minimum Gasteiger partial charge on any atom is -0.396 e. The molecule has 0 heterocycles. The fourth-order valence-electron chi connectivity index (χ4n) is 2.01. The van der Waals surface area contributed by atoms with Crippen molar-refractivity contribution in [1.29, 1.82) is 0 Å². The number of amides is 1. The second kappa shape index (κ2) is 8.14. The average molecular weight is 313 g/mol. The molecule has 0 fully saturated rings. The Morgan fingerprint density at radius 3 is 2.48 bits per heavy atom. The van der Waals surface area contributed by atoms with Crippen LogP contribution < -0.4 is 0 Å². The minimum absolute atomic E-state index is 0.0303. The van der Waals surface area contributed by atoms with Gasteiger partial charge >= 0.3 is 0 Å². The molecule has 1 aromatic rings. The third-order valence-corrected chi connectivity index (χ3v) is 5.12. The maximum atomic E-state index is 12.4. The summed E-state index contributed by atoms with van der Waals surface area (Å²) in [7, 11) is -1.75. The van der Waals surface area contributed by atoms with Gasteiger partial charge in [-0.1, -0.05) is 19.1 Å². The van der Waals surface area contributed by atoms with Gasteiger partial charge in [-0.25, -0.2) is 8.42 Å². The summed E-state index contributed by atoms with van der Waals surface area (Å²) in [5.74, 6) is -0.316. The number of nitrogens with zero attached hydrogens (tertiary/aromatic N) is 1. The van der Waals surface area contributed by atoms with Gasteiger partial charge in [-0.05, 0) is 31.4 Å². The van der Waals surface area contributed by atoms with Crippen LogP contribution in [0.4, 0.5) is 0 Å². The van der Waals surface area contributed by atoms with E-state index >= 15 is 0 Å². The van der Waals surface area contributed by atoms with Crippen molar-refractivity contribution in [2.75, 3.05) is 26.0 Å². The number of hydrogen-bond acceptors (Lipinski definition) is 4. The molecule has 0 unspecified atom stereocenters. The lowest BCUT2D eigenvalue weighted by Gasteiger charge is -2.18. The quantitative estimate of drug-likeness (QED) is 0.742. The van der Waals surface area contributed by atoms with Crippen LogP contribution >= 0.6 is 0 Å². The molecule has 1 amide bonds. The standard InChI is InChI=1S/C15H23NO4S/c1-3-21(19,20)14-10-6-5-9-13(14)15(18)16(2)11-7-4-8-12-17/h5-6,9-10,17H,3-4,7-8,11-12H2,1-2H3. The van der Waals surface area contributed by atoms with Crippen LogP contribution in [-0.2, 0) is 9.84 Å². The van der Waals surface area contributed by atoms with Gasteiger partial charge in [0, 0.05) is 20.2 Å². The molecule has 0 aliphatic heterocycles. The number of carbonyl (C=O) groups is 1. The van der Waals surface area contributed by atoms with Crippen molar-refractivity contribution in [3.05, 3.63) is 29.8 Å². The Labute approximate surface area is 126 Å². The molecule has 0 aliphatic rings. The molecule has 0 bridgehead atoms. The molecule has 0 aliphatic carbocycles. The van der Waals surface area contributed by atoms with Gasteiger partial charge in [0.2, 0.25) is 0 Å². The van der Waals surface area contributed by atoms with Crippen LogP contribution in [0.2, 0.25) is 0 Å². The molecule has 118 valence electrons. The Morgan fingerprint density at radius 2 is 1.86 bits per heavy atom. The van der Waals surface area contributed by atoms with Crippen molar-refractivity contribution in [3.8, 4) is 0 Å². The van der Waals surface area contributed by atoms with Crippen LogP contribution in [0.5, 0.6) is 0 Å². The molecular formula is C15H23NO4S. The van der Waals surface area contributed by atoms with E-state index in [0.717, 1.165) is 12.8 Å². The molecule has 1 N–H and O–H groups in total. The van der Waals surface area contributed by atoms with Gasteiger partial charge < -0.3 is 10.0 Å². The van der Waals surface area contributed by atoms with E-state index in [-0.39, 0.29) is 28.7 Å². The third-order valence-electron chi connectivity index (χ3n) is 3.33. The zero-order chi connectivity index (χ0) is 15.9. The highest BCUT2D eigenvalue weighted by atomic mass is 32.2. The maximum Gasteiger partial charge on any atom is 0.254 e. The Kier molecular flexibility index (Phi) is 6.84. The Bertz CT molecular complexity index is 569. The van der Waals surface area contributed by atoms with Crippen molar-refractivity contribution in [3.63, 3.8) is 0 Å². The molecule has 5 nitrogen and oxygen atoms in total.